The van der Waals surface area contributed by atoms with Gasteiger partial charge in [-0.1, -0.05) is 47.7 Å². The quantitative estimate of drug-likeness (QED) is 0.566. The molecular weight excluding hydrogens is 374 g/mol. The highest BCUT2D eigenvalue weighted by molar-refractivity contribution is 7.99. The number of aryl methyl sites for hydroxylation is 1. The van der Waals surface area contributed by atoms with Crippen LogP contribution >= 0.6 is 11.8 Å². The number of hydrogen-bond acceptors (Lipinski definition) is 5. The minimum atomic E-state index is -0.454. The molecule has 2 heterocycles. The molecule has 0 radical (unpaired) electrons. The van der Waals surface area contributed by atoms with E-state index in [0.717, 1.165) is 9.58 Å². The molecule has 2 aromatic carbocycles. The van der Waals surface area contributed by atoms with Gasteiger partial charge in [-0.2, -0.15) is 9.61 Å². The van der Waals surface area contributed by atoms with Gasteiger partial charge >= 0.3 is 5.69 Å². The number of benzene rings is 2. The second kappa shape index (κ2) is 7.69. The Balaban J connectivity index is 1.54. The predicted molar refractivity (Wildman–Crippen MR) is 108 cm³/mol. The summed E-state index contributed by atoms with van der Waals surface area (Å²) in [7, 11) is 0. The molecular formula is C20H17N5O2S. The van der Waals surface area contributed by atoms with Crippen molar-refractivity contribution in [1.29, 1.82) is 0 Å². The van der Waals surface area contributed by atoms with Crippen LogP contribution in [0.2, 0.25) is 0 Å². The van der Waals surface area contributed by atoms with E-state index in [-0.39, 0.29) is 12.5 Å². The Morgan fingerprint density at radius 3 is 2.50 bits per heavy atom. The van der Waals surface area contributed by atoms with E-state index in [1.807, 2.05) is 49.4 Å². The zero-order valence-electron chi connectivity index (χ0n) is 15.1. The molecule has 4 rings (SSSR count). The fraction of sp³-hybridized carbons (Fsp3) is 0.100. The SMILES string of the molecule is Cc1ccc(Sc2ccc3nn(CC(=O)Nc4ccccc4)c(=O)n3n2)cc1. The van der Waals surface area contributed by atoms with Crippen LogP contribution in [0.15, 0.2) is 81.4 Å². The number of aromatic nitrogens is 4. The number of hydrogen-bond donors (Lipinski definition) is 1. The molecule has 0 aliphatic carbocycles. The van der Waals surface area contributed by atoms with Crippen LogP contribution in [-0.2, 0) is 11.3 Å². The topological polar surface area (TPSA) is 81.3 Å². The van der Waals surface area contributed by atoms with Crippen molar-refractivity contribution in [2.75, 3.05) is 5.32 Å². The lowest BCUT2D eigenvalue weighted by molar-refractivity contribution is -0.117. The molecule has 0 aliphatic rings. The van der Waals surface area contributed by atoms with E-state index in [2.05, 4.69) is 15.5 Å². The summed E-state index contributed by atoms with van der Waals surface area (Å²) in [6.45, 7) is 1.85. The number of rotatable bonds is 5. The van der Waals surface area contributed by atoms with E-state index in [1.54, 1.807) is 24.3 Å². The van der Waals surface area contributed by atoms with Gasteiger partial charge < -0.3 is 5.32 Å². The summed E-state index contributed by atoms with van der Waals surface area (Å²) < 4.78 is 2.33. The predicted octanol–water partition coefficient (Wildman–Crippen LogP) is 2.99. The summed E-state index contributed by atoms with van der Waals surface area (Å²) in [6.07, 6.45) is 0. The minimum Gasteiger partial charge on any atom is -0.324 e. The van der Waals surface area contributed by atoms with Crippen molar-refractivity contribution in [1.82, 2.24) is 19.4 Å². The zero-order chi connectivity index (χ0) is 19.5. The third-order valence-electron chi connectivity index (χ3n) is 4.01. The van der Waals surface area contributed by atoms with Crippen molar-refractivity contribution < 1.29 is 4.79 Å². The van der Waals surface area contributed by atoms with Gasteiger partial charge in [-0.05, 0) is 43.3 Å². The average Bonchev–Trinajstić information content (AvgIpc) is 3.00. The largest absolute Gasteiger partial charge is 0.367 e. The number of nitrogens with zero attached hydrogens (tertiary/aromatic N) is 4. The summed E-state index contributed by atoms with van der Waals surface area (Å²) in [5, 5.41) is 12.0. The van der Waals surface area contributed by atoms with Gasteiger partial charge in [0.05, 0.1) is 0 Å². The smallest absolute Gasteiger partial charge is 0.324 e. The number of fused-ring (bicyclic) bond motifs is 1. The maximum Gasteiger partial charge on any atom is 0.367 e. The molecule has 0 atom stereocenters. The monoisotopic (exact) mass is 391 g/mol. The van der Waals surface area contributed by atoms with E-state index in [4.69, 9.17) is 0 Å². The highest BCUT2D eigenvalue weighted by Gasteiger charge is 2.13. The second-order valence-corrected chi connectivity index (χ2v) is 7.30. The molecule has 1 N–H and O–H groups in total. The van der Waals surface area contributed by atoms with E-state index in [9.17, 15) is 9.59 Å². The molecule has 0 unspecified atom stereocenters. The van der Waals surface area contributed by atoms with E-state index >= 15 is 0 Å². The van der Waals surface area contributed by atoms with Crippen LogP contribution in [-0.4, -0.2) is 25.3 Å². The fourth-order valence-corrected chi connectivity index (χ4v) is 3.41. The first-order chi connectivity index (χ1) is 13.6. The molecule has 0 fully saturated rings. The molecule has 0 saturated heterocycles. The third kappa shape index (κ3) is 3.96. The molecule has 4 aromatic rings. The van der Waals surface area contributed by atoms with Crippen molar-refractivity contribution in [3.05, 3.63) is 82.8 Å². The number of carbonyl (C=O) groups excluding carboxylic acids is 1. The highest BCUT2D eigenvalue weighted by atomic mass is 32.2. The van der Waals surface area contributed by atoms with Crippen LogP contribution in [0.1, 0.15) is 5.56 Å². The summed E-state index contributed by atoms with van der Waals surface area (Å²) in [5.41, 5.74) is 1.79. The molecule has 28 heavy (non-hydrogen) atoms. The molecule has 0 aliphatic heterocycles. The number of anilines is 1. The van der Waals surface area contributed by atoms with Crippen LogP contribution in [0.3, 0.4) is 0 Å². The van der Waals surface area contributed by atoms with Gasteiger partial charge in [0.2, 0.25) is 5.91 Å². The van der Waals surface area contributed by atoms with E-state index in [1.165, 1.54) is 21.8 Å². The van der Waals surface area contributed by atoms with E-state index < -0.39 is 5.69 Å². The lowest BCUT2D eigenvalue weighted by atomic mass is 10.2. The number of carbonyl (C=O) groups is 1. The normalized spacial score (nSPS) is 10.9. The highest BCUT2D eigenvalue weighted by Crippen LogP contribution is 2.25. The molecule has 0 spiro atoms. The van der Waals surface area contributed by atoms with Gasteiger partial charge in [0, 0.05) is 10.6 Å². The number of amides is 1. The van der Waals surface area contributed by atoms with Gasteiger partial charge in [-0.25, -0.2) is 9.48 Å². The Morgan fingerprint density at radius 2 is 1.75 bits per heavy atom. The fourth-order valence-electron chi connectivity index (χ4n) is 2.63. The van der Waals surface area contributed by atoms with Gasteiger partial charge in [-0.3, -0.25) is 4.79 Å². The second-order valence-electron chi connectivity index (χ2n) is 6.21. The summed E-state index contributed by atoms with van der Waals surface area (Å²) >= 11 is 1.46. The van der Waals surface area contributed by atoms with Crippen LogP contribution in [0.25, 0.3) is 5.65 Å². The zero-order valence-corrected chi connectivity index (χ0v) is 15.9. The summed E-state index contributed by atoms with van der Waals surface area (Å²) in [5.74, 6) is -0.328. The minimum absolute atomic E-state index is 0.183. The molecule has 140 valence electrons. The molecule has 8 heteroatoms. The average molecular weight is 391 g/mol. The first-order valence-electron chi connectivity index (χ1n) is 8.65. The van der Waals surface area contributed by atoms with Crippen molar-refractivity contribution in [2.45, 2.75) is 23.4 Å². The first-order valence-corrected chi connectivity index (χ1v) is 9.46. The van der Waals surface area contributed by atoms with Crippen LogP contribution in [0.5, 0.6) is 0 Å². The Bertz CT molecular complexity index is 1180. The Labute approximate surface area is 165 Å². The Morgan fingerprint density at radius 1 is 1.00 bits per heavy atom. The van der Waals surface area contributed by atoms with Crippen molar-refractivity contribution in [3.8, 4) is 0 Å². The van der Waals surface area contributed by atoms with E-state index in [0.29, 0.717) is 16.4 Å². The first kappa shape index (κ1) is 18.0. The molecule has 0 saturated carbocycles. The number of nitrogens with one attached hydrogen (secondary N) is 1. The Kier molecular flexibility index (Phi) is 4.94. The Hall–Kier alpha value is -3.39. The van der Waals surface area contributed by atoms with Gasteiger partial charge in [0.1, 0.15) is 11.6 Å². The lowest BCUT2D eigenvalue weighted by Gasteiger charge is -2.03. The summed E-state index contributed by atoms with van der Waals surface area (Å²) in [6, 6.07) is 20.6. The number of para-hydroxylation sites is 1. The van der Waals surface area contributed by atoms with Crippen LogP contribution in [0.4, 0.5) is 5.69 Å². The van der Waals surface area contributed by atoms with Crippen molar-refractivity contribution >= 4 is 29.0 Å². The van der Waals surface area contributed by atoms with Gasteiger partial charge in [-0.15, -0.1) is 5.10 Å². The van der Waals surface area contributed by atoms with Crippen molar-refractivity contribution in [3.63, 3.8) is 0 Å². The third-order valence-corrected chi connectivity index (χ3v) is 4.94. The maximum absolute atomic E-state index is 12.6. The summed E-state index contributed by atoms with van der Waals surface area (Å²) in [4.78, 5) is 25.8. The van der Waals surface area contributed by atoms with Gasteiger partial charge in [0.25, 0.3) is 0 Å². The van der Waals surface area contributed by atoms with Crippen LogP contribution in [0, 0.1) is 6.92 Å². The molecule has 2 aromatic heterocycles. The molecule has 0 bridgehead atoms. The van der Waals surface area contributed by atoms with Gasteiger partial charge in [0.15, 0.2) is 5.65 Å². The van der Waals surface area contributed by atoms with Crippen LogP contribution < -0.4 is 11.0 Å². The maximum atomic E-state index is 12.6. The standard InChI is InChI=1S/C20H17N5O2S/c1-14-7-9-16(10-8-14)28-19-12-11-17-22-24(20(27)25(17)23-19)13-18(26)21-15-5-3-2-4-6-15/h2-12H,13H2,1H3,(H,21,26). The van der Waals surface area contributed by atoms with Crippen molar-refractivity contribution in [2.24, 2.45) is 0 Å². The molecule has 1 amide bonds. The lowest BCUT2D eigenvalue weighted by Crippen LogP contribution is -2.28. The molecule has 7 nitrogen and oxygen atoms in total.